The minimum atomic E-state index is -4.52. The lowest BCUT2D eigenvalue weighted by atomic mass is 10.0. The maximum atomic E-state index is 13.2. The number of aliphatic hydroxyl groups is 2. The summed E-state index contributed by atoms with van der Waals surface area (Å²) in [7, 11) is -4.52. The number of carbonyl (C=O) groups is 2. The molecular weight excluding hydrogens is 762 g/mol. The maximum absolute atomic E-state index is 13.2. The highest BCUT2D eigenvalue weighted by molar-refractivity contribution is 7.47. The molecule has 0 fully saturated rings. The van der Waals surface area contributed by atoms with Crippen molar-refractivity contribution in [3.05, 3.63) is 24.3 Å². The van der Waals surface area contributed by atoms with Crippen molar-refractivity contribution < 1.29 is 38.3 Å². The number of nitrogens with zero attached hydrogens (tertiary/aromatic N) is 1. The number of rotatable bonds is 46. The second-order valence-corrected chi connectivity index (χ2v) is 18.3. The highest BCUT2D eigenvalue weighted by Crippen LogP contribution is 2.43. The number of imide groups is 1. The number of carbonyl (C=O) groups excluding carboxylic acids is 2. The van der Waals surface area contributed by atoms with E-state index < -0.39 is 27.1 Å². The minimum Gasteiger partial charge on any atom is -0.394 e. The fourth-order valence-electron chi connectivity index (χ4n) is 7.28. The lowest BCUT2D eigenvalue weighted by molar-refractivity contribution is -0.145. The number of aliphatic hydroxyl groups excluding tert-OH is 2. The van der Waals surface area contributed by atoms with Crippen LogP contribution in [-0.2, 0) is 23.2 Å². The number of allylic oxidation sites excluding steroid dienone is 4. The standard InChI is InChI=1S/C49H94NO8P/c1-3-5-7-9-11-13-15-17-19-21-23-25-27-29-31-33-35-37-39-41-48(53)50(43-44-57-59(55,56)58-46-47(52)45-51)49(54)42-40-38-36-34-32-30-28-26-24-22-20-18-16-14-12-10-8-6-4-2/h17-20,47,51-52H,3-16,21-46H2,1-2H3,(H,55,56)/b19-17-,20-18-/t47-/m1/s1. The number of phosphoric acid groups is 1. The Hall–Kier alpha value is -1.35. The third kappa shape index (κ3) is 41.8. The summed E-state index contributed by atoms with van der Waals surface area (Å²) in [5.41, 5.74) is 0. The first-order chi connectivity index (χ1) is 28.8. The number of unbranched alkanes of at least 4 members (excludes halogenated alkanes) is 30. The Balaban J connectivity index is 4.27. The fourth-order valence-corrected chi connectivity index (χ4v) is 8.03. The zero-order chi connectivity index (χ0) is 43.3. The predicted octanol–water partition coefficient (Wildman–Crippen LogP) is 14.0. The summed E-state index contributed by atoms with van der Waals surface area (Å²) in [6.07, 6.45) is 50.0. The van der Waals surface area contributed by atoms with Crippen LogP contribution in [0.25, 0.3) is 0 Å². The Morgan fingerprint density at radius 2 is 0.814 bits per heavy atom. The van der Waals surface area contributed by atoms with Gasteiger partial charge in [0.05, 0.1) is 26.4 Å². The van der Waals surface area contributed by atoms with Crippen LogP contribution in [0.2, 0.25) is 0 Å². The highest BCUT2D eigenvalue weighted by atomic mass is 31.2. The van der Waals surface area contributed by atoms with Crippen LogP contribution in [0.15, 0.2) is 24.3 Å². The summed E-state index contributed by atoms with van der Waals surface area (Å²) in [6, 6.07) is 0. The molecule has 0 heterocycles. The van der Waals surface area contributed by atoms with Crippen molar-refractivity contribution in [3.8, 4) is 0 Å². The van der Waals surface area contributed by atoms with Gasteiger partial charge in [-0.3, -0.25) is 23.5 Å². The first-order valence-electron chi connectivity index (χ1n) is 24.8. The molecule has 10 heteroatoms. The molecule has 1 unspecified atom stereocenters. The normalized spacial score (nSPS) is 13.4. The van der Waals surface area contributed by atoms with E-state index in [9.17, 15) is 24.2 Å². The molecule has 0 saturated heterocycles. The lowest BCUT2D eigenvalue weighted by Gasteiger charge is -2.22. The molecule has 0 saturated carbocycles. The zero-order valence-corrected chi connectivity index (χ0v) is 39.3. The topological polar surface area (TPSA) is 134 Å². The molecule has 9 nitrogen and oxygen atoms in total. The number of hydrogen-bond donors (Lipinski definition) is 3. The van der Waals surface area contributed by atoms with Gasteiger partial charge in [-0.05, 0) is 64.2 Å². The molecule has 348 valence electrons. The molecule has 2 amide bonds. The van der Waals surface area contributed by atoms with E-state index in [-0.39, 0.29) is 37.8 Å². The van der Waals surface area contributed by atoms with Gasteiger partial charge in [-0.25, -0.2) is 4.57 Å². The van der Waals surface area contributed by atoms with E-state index in [1.807, 2.05) is 0 Å². The average molecular weight is 856 g/mol. The van der Waals surface area contributed by atoms with Gasteiger partial charge in [0.15, 0.2) is 0 Å². The molecule has 3 N–H and O–H groups in total. The van der Waals surface area contributed by atoms with Crippen LogP contribution in [0, 0.1) is 0 Å². The van der Waals surface area contributed by atoms with Crippen molar-refractivity contribution >= 4 is 19.6 Å². The highest BCUT2D eigenvalue weighted by Gasteiger charge is 2.25. The number of amides is 2. The summed E-state index contributed by atoms with van der Waals surface area (Å²) < 4.78 is 21.9. The fraction of sp³-hybridized carbons (Fsp3) is 0.878. The minimum absolute atomic E-state index is 0.141. The van der Waals surface area contributed by atoms with Crippen LogP contribution in [0.3, 0.4) is 0 Å². The van der Waals surface area contributed by atoms with Crippen LogP contribution >= 0.6 is 7.82 Å². The Labute approximate surface area is 363 Å². The van der Waals surface area contributed by atoms with Crippen molar-refractivity contribution in [1.29, 1.82) is 0 Å². The second-order valence-electron chi connectivity index (χ2n) is 16.9. The van der Waals surface area contributed by atoms with E-state index in [0.717, 1.165) is 38.5 Å². The van der Waals surface area contributed by atoms with E-state index in [2.05, 4.69) is 38.2 Å². The van der Waals surface area contributed by atoms with Gasteiger partial charge in [0.2, 0.25) is 11.8 Å². The van der Waals surface area contributed by atoms with E-state index in [0.29, 0.717) is 12.8 Å². The quantitative estimate of drug-likeness (QED) is 0.0313. The third-order valence-electron chi connectivity index (χ3n) is 11.1. The Kier molecular flexibility index (Phi) is 43.7. The molecule has 0 bridgehead atoms. The van der Waals surface area contributed by atoms with Crippen molar-refractivity contribution in [2.24, 2.45) is 0 Å². The zero-order valence-electron chi connectivity index (χ0n) is 38.4. The molecule has 0 aromatic rings. The van der Waals surface area contributed by atoms with Crippen molar-refractivity contribution in [2.75, 3.05) is 26.4 Å². The molecule has 0 radical (unpaired) electrons. The summed E-state index contributed by atoms with van der Waals surface area (Å²) in [4.78, 5) is 37.5. The van der Waals surface area contributed by atoms with Crippen LogP contribution in [0.4, 0.5) is 0 Å². The van der Waals surface area contributed by atoms with Gasteiger partial charge in [-0.1, -0.05) is 192 Å². The number of phosphoric ester groups is 1. The third-order valence-corrected chi connectivity index (χ3v) is 12.1. The van der Waals surface area contributed by atoms with Crippen LogP contribution in [0.1, 0.15) is 245 Å². The van der Waals surface area contributed by atoms with Crippen LogP contribution in [0.5, 0.6) is 0 Å². The molecule has 0 aliphatic rings. The first kappa shape index (κ1) is 57.6. The monoisotopic (exact) mass is 856 g/mol. The molecule has 59 heavy (non-hydrogen) atoms. The summed E-state index contributed by atoms with van der Waals surface area (Å²) in [5, 5.41) is 18.3. The smallest absolute Gasteiger partial charge is 0.394 e. The average Bonchev–Trinajstić information content (AvgIpc) is 3.23. The SMILES string of the molecule is CCCCCCCC/C=C\CCCCCCCCCCCC(=O)N(CCOP(=O)(O)OC[C@H](O)CO)C(=O)CCCCCCCCCCC/C=C\CCCCCCCC. The molecule has 0 rings (SSSR count). The molecule has 0 aliphatic carbocycles. The van der Waals surface area contributed by atoms with E-state index in [1.54, 1.807) is 0 Å². The predicted molar refractivity (Wildman–Crippen MR) is 247 cm³/mol. The lowest BCUT2D eigenvalue weighted by Crippen LogP contribution is -2.39. The van der Waals surface area contributed by atoms with Gasteiger partial charge in [-0.15, -0.1) is 0 Å². The van der Waals surface area contributed by atoms with Gasteiger partial charge in [0.25, 0.3) is 0 Å². The van der Waals surface area contributed by atoms with Crippen molar-refractivity contribution in [1.82, 2.24) is 4.90 Å². The number of hydrogen-bond acceptors (Lipinski definition) is 7. The summed E-state index contributed by atoms with van der Waals surface area (Å²) >= 11 is 0. The Bertz CT molecular complexity index is 977. The van der Waals surface area contributed by atoms with Crippen LogP contribution < -0.4 is 0 Å². The van der Waals surface area contributed by atoms with Crippen molar-refractivity contribution in [2.45, 2.75) is 251 Å². The molecule has 0 aliphatic heterocycles. The summed E-state index contributed by atoms with van der Waals surface area (Å²) in [5.74, 6) is -0.561. The molecule has 0 aromatic carbocycles. The Morgan fingerprint density at radius 1 is 0.508 bits per heavy atom. The van der Waals surface area contributed by atoms with Crippen LogP contribution in [-0.4, -0.2) is 64.3 Å². The van der Waals surface area contributed by atoms with Gasteiger partial charge >= 0.3 is 7.82 Å². The largest absolute Gasteiger partial charge is 0.472 e. The molecule has 0 spiro atoms. The van der Waals surface area contributed by atoms with E-state index in [1.165, 1.54) is 172 Å². The van der Waals surface area contributed by atoms with Gasteiger partial charge in [0, 0.05) is 12.8 Å². The first-order valence-corrected chi connectivity index (χ1v) is 26.3. The van der Waals surface area contributed by atoms with Gasteiger partial charge < -0.3 is 15.1 Å². The molecule has 0 aromatic heterocycles. The van der Waals surface area contributed by atoms with Gasteiger partial charge in [0.1, 0.15) is 6.10 Å². The molecule has 2 atom stereocenters. The Morgan fingerprint density at radius 3 is 1.14 bits per heavy atom. The maximum Gasteiger partial charge on any atom is 0.472 e. The summed E-state index contributed by atoms with van der Waals surface area (Å²) in [6.45, 7) is 2.84. The van der Waals surface area contributed by atoms with E-state index in [4.69, 9.17) is 14.2 Å². The van der Waals surface area contributed by atoms with Gasteiger partial charge in [-0.2, -0.15) is 0 Å². The second kappa shape index (κ2) is 44.7. The molecular formula is C49H94NO8P. The van der Waals surface area contributed by atoms with E-state index >= 15 is 0 Å². The van der Waals surface area contributed by atoms with Crippen molar-refractivity contribution in [3.63, 3.8) is 0 Å².